The van der Waals surface area contributed by atoms with Crippen LogP contribution in [0.5, 0.6) is 0 Å². The molecule has 4 unspecified atom stereocenters. The molecule has 0 aliphatic heterocycles. The lowest BCUT2D eigenvalue weighted by Crippen LogP contribution is -2.58. The van der Waals surface area contributed by atoms with Gasteiger partial charge >= 0.3 is 5.97 Å². The summed E-state index contributed by atoms with van der Waals surface area (Å²) < 4.78 is 0. The predicted octanol–water partition coefficient (Wildman–Crippen LogP) is -0.879. The van der Waals surface area contributed by atoms with Crippen molar-refractivity contribution in [1.82, 2.24) is 16.0 Å². The third kappa shape index (κ3) is 9.39. The van der Waals surface area contributed by atoms with E-state index < -0.39 is 47.9 Å². The van der Waals surface area contributed by atoms with Crippen LogP contribution in [-0.4, -0.2) is 76.5 Å². The van der Waals surface area contributed by atoms with E-state index in [1.54, 1.807) is 13.8 Å². The average molecular weight is 455 g/mol. The molecular weight excluding hydrogens is 424 g/mol. The molecule has 0 aliphatic rings. The minimum absolute atomic E-state index is 0.0894. The summed E-state index contributed by atoms with van der Waals surface area (Å²) in [7, 11) is 0. The zero-order valence-electron chi connectivity index (χ0n) is 16.2. The van der Waals surface area contributed by atoms with Crippen molar-refractivity contribution in [3.8, 4) is 0 Å². The molecule has 0 saturated heterocycles. The molecule has 162 valence electrons. The van der Waals surface area contributed by atoms with Gasteiger partial charge in [0.15, 0.2) is 0 Å². The minimum atomic E-state index is -1.22. The topological polar surface area (TPSA) is 151 Å². The Hall–Kier alpha value is -1.11. The molecule has 6 N–H and O–H groups in total. The molecule has 0 fully saturated rings. The Labute approximate surface area is 180 Å². The smallest absolute Gasteiger partial charge is 0.327 e. The second-order valence-electron chi connectivity index (χ2n) is 6.44. The summed E-state index contributed by atoms with van der Waals surface area (Å²) in [6, 6.07) is -3.88. The van der Waals surface area contributed by atoms with E-state index in [1.165, 1.54) is 11.8 Å². The van der Waals surface area contributed by atoms with Gasteiger partial charge in [0.1, 0.15) is 18.1 Å². The van der Waals surface area contributed by atoms with Crippen LogP contribution in [0.1, 0.15) is 20.3 Å². The Kier molecular flexibility index (Phi) is 13.4. The summed E-state index contributed by atoms with van der Waals surface area (Å²) in [6.45, 7) is 3.43. The van der Waals surface area contributed by atoms with Gasteiger partial charge in [-0.3, -0.25) is 14.4 Å². The first-order valence-electron chi connectivity index (χ1n) is 8.69. The first kappa shape index (κ1) is 26.9. The molecule has 0 spiro atoms. The number of amides is 3. The summed E-state index contributed by atoms with van der Waals surface area (Å²) in [5.74, 6) is -2.57. The lowest BCUT2D eigenvalue weighted by molar-refractivity contribution is -0.142. The molecule has 4 atom stereocenters. The largest absolute Gasteiger partial charge is 0.480 e. The van der Waals surface area contributed by atoms with Crippen LogP contribution in [0.15, 0.2) is 0 Å². The number of rotatable bonds is 13. The monoisotopic (exact) mass is 454 g/mol. The third-order valence-corrected chi connectivity index (χ3v) is 5.22. The Balaban J connectivity index is 5.24. The van der Waals surface area contributed by atoms with E-state index in [-0.39, 0.29) is 17.4 Å². The quantitative estimate of drug-likeness (QED) is 0.179. The number of hydrogen-bond donors (Lipinski definition) is 7. The number of thioether (sulfide) groups is 1. The zero-order chi connectivity index (χ0) is 21.9. The van der Waals surface area contributed by atoms with Crippen molar-refractivity contribution in [3.63, 3.8) is 0 Å². The van der Waals surface area contributed by atoms with Gasteiger partial charge in [-0.1, -0.05) is 13.8 Å². The van der Waals surface area contributed by atoms with E-state index in [2.05, 4.69) is 41.2 Å². The minimum Gasteiger partial charge on any atom is -0.480 e. The summed E-state index contributed by atoms with van der Waals surface area (Å²) >= 11 is 9.38. The molecule has 0 bridgehead atoms. The van der Waals surface area contributed by atoms with Crippen molar-refractivity contribution in [2.75, 3.05) is 23.5 Å². The fourth-order valence-corrected chi connectivity index (χ4v) is 2.99. The highest BCUT2D eigenvalue weighted by molar-refractivity contribution is 7.98. The van der Waals surface area contributed by atoms with Crippen LogP contribution in [0.2, 0.25) is 0 Å². The number of nitrogens with one attached hydrogen (secondary N) is 3. The number of thiol groups is 2. The number of carboxylic acids is 1. The standard InChI is InChI=1S/C16H30N4O5S3/c1-8(2)12(15(23)19-11(7-27)16(24)25)20-14(22)10(4-5-28-3)18-13(21)9(17)6-26/h8-12,26-27H,4-7,17H2,1-3H3,(H,18,21)(H,19,23)(H,20,22)(H,24,25). The molecule has 0 rings (SSSR count). The van der Waals surface area contributed by atoms with Gasteiger partial charge in [0, 0.05) is 11.5 Å². The van der Waals surface area contributed by atoms with Gasteiger partial charge < -0.3 is 26.8 Å². The SMILES string of the molecule is CSCCC(NC(=O)C(N)CS)C(=O)NC(C(=O)NC(CS)C(=O)O)C(C)C. The highest BCUT2D eigenvalue weighted by Crippen LogP contribution is 2.07. The molecule has 9 nitrogen and oxygen atoms in total. The van der Waals surface area contributed by atoms with Crippen molar-refractivity contribution >= 4 is 60.7 Å². The fraction of sp³-hybridized carbons (Fsp3) is 0.750. The van der Waals surface area contributed by atoms with Gasteiger partial charge in [-0.25, -0.2) is 4.79 Å². The zero-order valence-corrected chi connectivity index (χ0v) is 18.8. The Morgan fingerprint density at radius 3 is 1.96 bits per heavy atom. The van der Waals surface area contributed by atoms with E-state index in [0.717, 1.165) is 0 Å². The molecule has 3 amide bonds. The van der Waals surface area contributed by atoms with Crippen LogP contribution in [0.25, 0.3) is 0 Å². The molecule has 0 aromatic heterocycles. The Morgan fingerprint density at radius 2 is 1.54 bits per heavy atom. The first-order valence-corrected chi connectivity index (χ1v) is 11.3. The lowest BCUT2D eigenvalue weighted by atomic mass is 10.0. The van der Waals surface area contributed by atoms with E-state index in [4.69, 9.17) is 10.8 Å². The summed E-state index contributed by atoms with van der Waals surface area (Å²) in [5.41, 5.74) is 5.64. The average Bonchev–Trinajstić information content (AvgIpc) is 2.65. The van der Waals surface area contributed by atoms with Crippen LogP contribution < -0.4 is 21.7 Å². The number of carboxylic acid groups (broad SMARTS) is 1. The molecule has 12 heteroatoms. The number of aliphatic carboxylic acids is 1. The van der Waals surface area contributed by atoms with Crippen molar-refractivity contribution in [2.24, 2.45) is 11.7 Å². The Morgan fingerprint density at radius 1 is 0.964 bits per heavy atom. The van der Waals surface area contributed by atoms with Crippen molar-refractivity contribution in [1.29, 1.82) is 0 Å². The van der Waals surface area contributed by atoms with Crippen LogP contribution >= 0.6 is 37.0 Å². The maximum atomic E-state index is 12.7. The van der Waals surface area contributed by atoms with Crippen molar-refractivity contribution < 1.29 is 24.3 Å². The molecule has 28 heavy (non-hydrogen) atoms. The van der Waals surface area contributed by atoms with Gasteiger partial charge in [0.05, 0.1) is 6.04 Å². The molecule has 0 radical (unpaired) electrons. The van der Waals surface area contributed by atoms with E-state index in [9.17, 15) is 19.2 Å². The predicted molar refractivity (Wildman–Crippen MR) is 117 cm³/mol. The van der Waals surface area contributed by atoms with Crippen molar-refractivity contribution in [2.45, 2.75) is 44.4 Å². The van der Waals surface area contributed by atoms with E-state index in [1.807, 2.05) is 6.26 Å². The Bertz CT molecular complexity index is 550. The number of nitrogens with two attached hydrogens (primary N) is 1. The summed E-state index contributed by atoms with van der Waals surface area (Å²) in [4.78, 5) is 48.3. The van der Waals surface area contributed by atoms with Crippen LogP contribution in [0.4, 0.5) is 0 Å². The van der Waals surface area contributed by atoms with Gasteiger partial charge in [0.2, 0.25) is 17.7 Å². The first-order chi connectivity index (χ1) is 13.1. The van der Waals surface area contributed by atoms with Gasteiger partial charge in [-0.05, 0) is 24.3 Å². The van der Waals surface area contributed by atoms with E-state index >= 15 is 0 Å². The van der Waals surface area contributed by atoms with Gasteiger partial charge in [-0.2, -0.15) is 37.0 Å². The normalized spacial score (nSPS) is 15.2. The highest BCUT2D eigenvalue weighted by atomic mass is 32.2. The summed E-state index contributed by atoms with van der Waals surface area (Å²) in [6.07, 6.45) is 2.21. The van der Waals surface area contributed by atoms with Crippen LogP contribution in [-0.2, 0) is 19.2 Å². The molecule has 0 aromatic rings. The molecule has 0 heterocycles. The number of hydrogen-bond acceptors (Lipinski definition) is 8. The lowest BCUT2D eigenvalue weighted by Gasteiger charge is -2.26. The number of carbonyl (C=O) groups excluding carboxylic acids is 3. The second-order valence-corrected chi connectivity index (χ2v) is 8.16. The third-order valence-electron chi connectivity index (χ3n) is 3.82. The highest BCUT2D eigenvalue weighted by Gasteiger charge is 2.31. The maximum absolute atomic E-state index is 12.7. The summed E-state index contributed by atoms with van der Waals surface area (Å²) in [5, 5.41) is 16.6. The van der Waals surface area contributed by atoms with Gasteiger partial charge in [0.25, 0.3) is 0 Å². The molecule has 0 saturated carbocycles. The van der Waals surface area contributed by atoms with Crippen molar-refractivity contribution in [3.05, 3.63) is 0 Å². The number of carbonyl (C=O) groups is 4. The molecule has 0 aliphatic carbocycles. The fourth-order valence-electron chi connectivity index (χ4n) is 2.10. The molecule has 0 aromatic carbocycles. The van der Waals surface area contributed by atoms with E-state index in [0.29, 0.717) is 12.2 Å². The van der Waals surface area contributed by atoms with Crippen LogP contribution in [0.3, 0.4) is 0 Å². The second kappa shape index (κ2) is 14.0. The van der Waals surface area contributed by atoms with Gasteiger partial charge in [-0.15, -0.1) is 0 Å². The molecular formula is C16H30N4O5S3. The maximum Gasteiger partial charge on any atom is 0.327 e. The van der Waals surface area contributed by atoms with Crippen LogP contribution in [0, 0.1) is 5.92 Å².